The molecule has 0 radical (unpaired) electrons. The van der Waals surface area contributed by atoms with Crippen molar-refractivity contribution in [2.45, 2.75) is 25.8 Å². The Kier molecular flexibility index (Phi) is 5.03. The SMILES string of the molecule is C[Si](C)(C)[PH](Cc1ccccc1)(c1ccccc1)c1ccccc1. The van der Waals surface area contributed by atoms with E-state index in [-0.39, 0.29) is 0 Å². The Labute approximate surface area is 147 Å². The van der Waals surface area contributed by atoms with Crippen LogP contribution >= 0.6 is 6.81 Å². The molecule has 3 aromatic carbocycles. The molecule has 0 atom stereocenters. The summed E-state index contributed by atoms with van der Waals surface area (Å²) < 4.78 is 0. The van der Waals surface area contributed by atoms with Gasteiger partial charge < -0.3 is 0 Å². The molecule has 0 unspecified atom stereocenters. The molecule has 0 spiro atoms. The van der Waals surface area contributed by atoms with Crippen molar-refractivity contribution in [3.63, 3.8) is 0 Å². The first-order chi connectivity index (χ1) is 11.5. The Balaban J connectivity index is 2.25. The molecule has 0 saturated carbocycles. The molecule has 0 fully saturated rings. The predicted octanol–water partition coefficient (Wildman–Crippen LogP) is 5.42. The molecule has 0 bridgehead atoms. The van der Waals surface area contributed by atoms with E-state index in [0.717, 1.165) is 0 Å². The van der Waals surface area contributed by atoms with Crippen molar-refractivity contribution in [2.75, 3.05) is 0 Å². The predicted molar refractivity (Wildman–Crippen MR) is 114 cm³/mol. The van der Waals surface area contributed by atoms with Gasteiger partial charge in [0.25, 0.3) is 0 Å². The molecule has 0 N–H and O–H groups in total. The molecule has 3 rings (SSSR count). The molecular formula is C22H27PSi. The van der Waals surface area contributed by atoms with Crippen LogP contribution in [0.3, 0.4) is 0 Å². The van der Waals surface area contributed by atoms with Crippen LogP contribution in [0.5, 0.6) is 0 Å². The van der Waals surface area contributed by atoms with E-state index in [2.05, 4.69) is 111 Å². The fourth-order valence-corrected chi connectivity index (χ4v) is 17.6. The minimum absolute atomic E-state index is 1.19. The van der Waals surface area contributed by atoms with E-state index in [9.17, 15) is 0 Å². The van der Waals surface area contributed by atoms with Gasteiger partial charge in [-0.2, -0.15) is 0 Å². The average Bonchev–Trinajstić information content (AvgIpc) is 2.61. The summed E-state index contributed by atoms with van der Waals surface area (Å²) in [6.07, 6.45) is 1.19. The zero-order valence-corrected chi connectivity index (χ0v) is 16.9. The molecule has 3 aromatic rings. The summed E-state index contributed by atoms with van der Waals surface area (Å²) in [6.45, 7) is 5.82. The molecule has 0 heterocycles. The van der Waals surface area contributed by atoms with Crippen LogP contribution < -0.4 is 10.6 Å². The van der Waals surface area contributed by atoms with Crippen molar-refractivity contribution in [1.82, 2.24) is 0 Å². The molecule has 0 aliphatic carbocycles. The Morgan fingerprint density at radius 2 is 0.958 bits per heavy atom. The van der Waals surface area contributed by atoms with E-state index in [1.54, 1.807) is 10.6 Å². The Morgan fingerprint density at radius 3 is 1.33 bits per heavy atom. The quantitative estimate of drug-likeness (QED) is 0.425. The monoisotopic (exact) mass is 350 g/mol. The van der Waals surface area contributed by atoms with Gasteiger partial charge in [-0.3, -0.25) is 0 Å². The molecule has 0 amide bonds. The molecule has 0 saturated heterocycles. The normalized spacial score (nSPS) is 12.8. The summed E-state index contributed by atoms with van der Waals surface area (Å²) in [6, 6.07) is 33.7. The van der Waals surface area contributed by atoms with Gasteiger partial charge in [0.15, 0.2) is 0 Å². The van der Waals surface area contributed by atoms with Crippen molar-refractivity contribution in [3.05, 3.63) is 96.6 Å². The van der Waals surface area contributed by atoms with Crippen LogP contribution in [0.2, 0.25) is 19.6 Å². The third kappa shape index (κ3) is 3.24. The van der Waals surface area contributed by atoms with E-state index < -0.39 is 14.6 Å². The Bertz CT molecular complexity index is 722. The number of hydrogen-bond acceptors (Lipinski definition) is 0. The van der Waals surface area contributed by atoms with Crippen LogP contribution in [0, 0.1) is 0 Å². The van der Waals surface area contributed by atoms with Gasteiger partial charge in [-0.1, -0.05) is 0 Å². The summed E-state index contributed by atoms with van der Waals surface area (Å²) >= 11 is 0. The summed E-state index contributed by atoms with van der Waals surface area (Å²) in [4.78, 5) is 0. The van der Waals surface area contributed by atoms with E-state index in [1.165, 1.54) is 11.7 Å². The molecule has 0 aliphatic heterocycles. The average molecular weight is 351 g/mol. The molecule has 24 heavy (non-hydrogen) atoms. The third-order valence-electron chi connectivity index (χ3n) is 5.13. The summed E-state index contributed by atoms with van der Waals surface area (Å²) in [5.74, 6) is 0. The fraction of sp³-hybridized carbons (Fsp3) is 0.182. The van der Waals surface area contributed by atoms with Crippen LogP contribution in [-0.4, -0.2) is 7.74 Å². The summed E-state index contributed by atoms with van der Waals surface area (Å²) in [5.41, 5.74) is 1.47. The number of hydrogen-bond donors (Lipinski definition) is 0. The van der Waals surface area contributed by atoms with Gasteiger partial charge in [-0.05, 0) is 0 Å². The van der Waals surface area contributed by atoms with Crippen molar-refractivity contribution in [1.29, 1.82) is 0 Å². The van der Waals surface area contributed by atoms with E-state index in [1.807, 2.05) is 0 Å². The van der Waals surface area contributed by atoms with Gasteiger partial charge in [-0.15, -0.1) is 0 Å². The summed E-state index contributed by atoms with van der Waals surface area (Å²) in [7, 11) is -1.46. The fourth-order valence-electron chi connectivity index (χ4n) is 3.85. The molecule has 2 heteroatoms. The molecule has 124 valence electrons. The maximum atomic E-state index is 2.56. The first-order valence-electron chi connectivity index (χ1n) is 8.69. The van der Waals surface area contributed by atoms with E-state index in [0.29, 0.717) is 0 Å². The summed E-state index contributed by atoms with van der Waals surface area (Å²) in [5, 5.41) is 3.17. The van der Waals surface area contributed by atoms with E-state index >= 15 is 0 Å². The maximum absolute atomic E-state index is 2.56. The van der Waals surface area contributed by atoms with Crippen LogP contribution in [0.15, 0.2) is 91.0 Å². The zero-order valence-electron chi connectivity index (χ0n) is 14.9. The van der Waals surface area contributed by atoms with Crippen LogP contribution in [-0.2, 0) is 6.16 Å². The molecule has 0 nitrogen and oxygen atoms in total. The second kappa shape index (κ2) is 7.05. The first-order valence-corrected chi connectivity index (χ1v) is 15.4. The van der Waals surface area contributed by atoms with Crippen LogP contribution in [0.25, 0.3) is 0 Å². The zero-order chi connectivity index (χ0) is 17.0. The van der Waals surface area contributed by atoms with Crippen molar-refractivity contribution in [2.24, 2.45) is 0 Å². The minimum atomic E-state index is -1.85. The first kappa shape index (κ1) is 17.1. The van der Waals surface area contributed by atoms with E-state index in [4.69, 9.17) is 0 Å². The van der Waals surface area contributed by atoms with Gasteiger partial charge in [0, 0.05) is 0 Å². The molecule has 0 aliphatic rings. The number of benzene rings is 3. The van der Waals surface area contributed by atoms with Crippen molar-refractivity contribution in [3.8, 4) is 0 Å². The third-order valence-corrected chi connectivity index (χ3v) is 21.2. The van der Waals surface area contributed by atoms with Gasteiger partial charge in [0.05, 0.1) is 0 Å². The van der Waals surface area contributed by atoms with Gasteiger partial charge in [0.1, 0.15) is 0 Å². The Morgan fingerprint density at radius 1 is 0.583 bits per heavy atom. The van der Waals surface area contributed by atoms with Gasteiger partial charge in [-0.25, -0.2) is 0 Å². The standard InChI is InChI=1S/C22H27PSi/c1-24(2,3)23(21-15-9-5-10-16-21,22-17-11-6-12-18-22)19-20-13-7-4-8-14-20/h4-18,23H,19H2,1-3H3. The molecular weight excluding hydrogens is 323 g/mol. The van der Waals surface area contributed by atoms with Crippen LogP contribution in [0.4, 0.5) is 0 Å². The second-order valence-electron chi connectivity index (χ2n) is 7.55. The topological polar surface area (TPSA) is 0 Å². The molecule has 0 aromatic heterocycles. The second-order valence-corrected chi connectivity index (χ2v) is 22.4. The van der Waals surface area contributed by atoms with Gasteiger partial charge >= 0.3 is 148 Å². The van der Waals surface area contributed by atoms with Crippen molar-refractivity contribution >= 4 is 25.2 Å². The van der Waals surface area contributed by atoms with Gasteiger partial charge in [0.2, 0.25) is 0 Å². The Hall–Kier alpha value is -1.69. The van der Waals surface area contributed by atoms with Crippen LogP contribution in [0.1, 0.15) is 5.56 Å². The number of rotatable bonds is 5. The van der Waals surface area contributed by atoms with Crippen molar-refractivity contribution < 1.29 is 0 Å².